The second-order valence-corrected chi connectivity index (χ2v) is 8.99. The Labute approximate surface area is 211 Å². The number of carbonyl (C=O) groups is 3. The highest BCUT2D eigenvalue weighted by Gasteiger charge is 2.35. The van der Waals surface area contributed by atoms with Crippen LogP contribution >= 0.6 is 0 Å². The molecule has 3 aromatic carbocycles. The van der Waals surface area contributed by atoms with Gasteiger partial charge in [0.15, 0.2) is 6.61 Å². The Morgan fingerprint density at radius 2 is 1.61 bits per heavy atom. The van der Waals surface area contributed by atoms with E-state index in [-0.39, 0.29) is 30.7 Å². The van der Waals surface area contributed by atoms with Gasteiger partial charge in [-0.3, -0.25) is 14.4 Å². The minimum atomic E-state index is -0.395. The Hall–Kier alpha value is -4.13. The number of hydrogen-bond acceptors (Lipinski definition) is 4. The minimum absolute atomic E-state index is 0.0893. The Kier molecular flexibility index (Phi) is 8.00. The number of ether oxygens (including phenoxy) is 1. The molecule has 1 atom stereocenters. The van der Waals surface area contributed by atoms with Crippen LogP contribution in [-0.4, -0.2) is 30.9 Å². The largest absolute Gasteiger partial charge is 0.484 e. The van der Waals surface area contributed by atoms with Crippen molar-refractivity contribution < 1.29 is 19.1 Å². The van der Waals surface area contributed by atoms with Crippen molar-refractivity contribution in [3.63, 3.8) is 0 Å². The lowest BCUT2D eigenvalue weighted by atomic mass is 10.1. The van der Waals surface area contributed by atoms with Gasteiger partial charge in [-0.2, -0.15) is 0 Å². The summed E-state index contributed by atoms with van der Waals surface area (Å²) in [5.74, 6) is -0.340. The van der Waals surface area contributed by atoms with Crippen LogP contribution in [0.2, 0.25) is 0 Å². The highest BCUT2D eigenvalue weighted by Crippen LogP contribution is 2.27. The van der Waals surface area contributed by atoms with Gasteiger partial charge in [-0.1, -0.05) is 48.9 Å². The third-order valence-electron chi connectivity index (χ3n) is 6.25. The normalized spacial score (nSPS) is 15.0. The first kappa shape index (κ1) is 25.0. The van der Waals surface area contributed by atoms with Gasteiger partial charge in [-0.15, -0.1) is 0 Å². The van der Waals surface area contributed by atoms with E-state index >= 15 is 0 Å². The van der Waals surface area contributed by atoms with Gasteiger partial charge in [-0.25, -0.2) is 0 Å². The Morgan fingerprint density at radius 1 is 0.944 bits per heavy atom. The fourth-order valence-corrected chi connectivity index (χ4v) is 4.06. The van der Waals surface area contributed by atoms with Gasteiger partial charge < -0.3 is 20.3 Å². The zero-order valence-corrected chi connectivity index (χ0v) is 20.6. The standard InChI is InChI=1S/C29H31N3O4/c1-3-21-6-8-22(9-7-21)17-30-29(35)23-16-28(34)32(18-23)25-12-14-26(15-13-25)36-19-27(33)31-24-10-4-20(2)5-11-24/h4-15,23H,3,16-19H2,1-2H3,(H,30,35)(H,31,33)/t23-/m0/s1. The van der Waals surface area contributed by atoms with Crippen LogP contribution < -0.4 is 20.3 Å². The summed E-state index contributed by atoms with van der Waals surface area (Å²) in [4.78, 5) is 39.0. The van der Waals surface area contributed by atoms with E-state index < -0.39 is 5.92 Å². The van der Waals surface area contributed by atoms with Crippen molar-refractivity contribution in [1.29, 1.82) is 0 Å². The molecule has 36 heavy (non-hydrogen) atoms. The Bertz CT molecular complexity index is 1200. The number of anilines is 2. The summed E-state index contributed by atoms with van der Waals surface area (Å²) in [5, 5.41) is 5.74. The number of carbonyl (C=O) groups excluding carboxylic acids is 3. The molecule has 0 bridgehead atoms. The third-order valence-corrected chi connectivity index (χ3v) is 6.25. The van der Waals surface area contributed by atoms with Crippen LogP contribution in [0.3, 0.4) is 0 Å². The molecule has 2 N–H and O–H groups in total. The van der Waals surface area contributed by atoms with E-state index in [1.807, 2.05) is 43.3 Å². The summed E-state index contributed by atoms with van der Waals surface area (Å²) in [6, 6.07) is 22.6. The predicted molar refractivity (Wildman–Crippen MR) is 140 cm³/mol. The van der Waals surface area contributed by atoms with Crippen LogP contribution in [0.4, 0.5) is 11.4 Å². The zero-order valence-electron chi connectivity index (χ0n) is 20.6. The van der Waals surface area contributed by atoms with Crippen LogP contribution in [-0.2, 0) is 27.3 Å². The topological polar surface area (TPSA) is 87.7 Å². The molecule has 1 saturated heterocycles. The lowest BCUT2D eigenvalue weighted by molar-refractivity contribution is -0.126. The van der Waals surface area contributed by atoms with Crippen LogP contribution in [0.1, 0.15) is 30.0 Å². The van der Waals surface area contributed by atoms with E-state index in [0.29, 0.717) is 30.2 Å². The fraction of sp³-hybridized carbons (Fsp3) is 0.276. The molecule has 1 aliphatic rings. The highest BCUT2D eigenvalue weighted by atomic mass is 16.5. The molecule has 1 aliphatic heterocycles. The van der Waals surface area contributed by atoms with Gasteiger partial charge in [0.05, 0.1) is 5.92 Å². The molecule has 1 fully saturated rings. The maximum Gasteiger partial charge on any atom is 0.262 e. The number of amides is 3. The van der Waals surface area contributed by atoms with Crippen molar-refractivity contribution >= 4 is 29.1 Å². The molecule has 0 spiro atoms. The first-order valence-corrected chi connectivity index (χ1v) is 12.2. The van der Waals surface area contributed by atoms with E-state index in [0.717, 1.165) is 17.5 Å². The first-order valence-electron chi connectivity index (χ1n) is 12.2. The van der Waals surface area contributed by atoms with Crippen LogP contribution in [0.25, 0.3) is 0 Å². The summed E-state index contributed by atoms with van der Waals surface area (Å²) in [5.41, 5.74) is 4.81. The average Bonchev–Trinajstić information content (AvgIpc) is 3.29. The van der Waals surface area contributed by atoms with E-state index in [1.54, 1.807) is 29.2 Å². The van der Waals surface area contributed by atoms with Crippen molar-refractivity contribution in [3.8, 4) is 5.75 Å². The van der Waals surface area contributed by atoms with Crippen molar-refractivity contribution in [3.05, 3.63) is 89.5 Å². The summed E-state index contributed by atoms with van der Waals surface area (Å²) in [6.45, 7) is 4.73. The average molecular weight is 486 g/mol. The van der Waals surface area contributed by atoms with Crippen molar-refractivity contribution in [2.24, 2.45) is 5.92 Å². The second-order valence-electron chi connectivity index (χ2n) is 8.99. The number of benzene rings is 3. The maximum atomic E-state index is 12.7. The molecule has 0 aliphatic carbocycles. The van der Waals surface area contributed by atoms with Gasteiger partial charge in [-0.05, 0) is 60.9 Å². The third kappa shape index (κ3) is 6.50. The van der Waals surface area contributed by atoms with Crippen molar-refractivity contribution in [1.82, 2.24) is 5.32 Å². The quantitative estimate of drug-likeness (QED) is 0.475. The molecule has 0 aromatic heterocycles. The summed E-state index contributed by atoms with van der Waals surface area (Å²) >= 11 is 0. The molecule has 0 radical (unpaired) electrons. The molecule has 3 amide bonds. The molecule has 3 aromatic rings. The molecule has 0 unspecified atom stereocenters. The van der Waals surface area contributed by atoms with Crippen LogP contribution in [0, 0.1) is 12.8 Å². The van der Waals surface area contributed by atoms with E-state index in [4.69, 9.17) is 4.74 Å². The number of nitrogens with one attached hydrogen (secondary N) is 2. The lowest BCUT2D eigenvalue weighted by Gasteiger charge is -2.17. The SMILES string of the molecule is CCc1ccc(CNC(=O)[C@H]2CC(=O)N(c3ccc(OCC(=O)Nc4ccc(C)cc4)cc3)C2)cc1. The molecule has 4 rings (SSSR count). The van der Waals surface area contributed by atoms with Crippen LogP contribution in [0.15, 0.2) is 72.8 Å². The van der Waals surface area contributed by atoms with Gasteiger partial charge in [0.1, 0.15) is 5.75 Å². The van der Waals surface area contributed by atoms with Crippen molar-refractivity contribution in [2.75, 3.05) is 23.4 Å². The Morgan fingerprint density at radius 3 is 2.28 bits per heavy atom. The van der Waals surface area contributed by atoms with E-state index in [2.05, 4.69) is 29.7 Å². The highest BCUT2D eigenvalue weighted by molar-refractivity contribution is 6.00. The molecule has 7 heteroatoms. The molecule has 1 heterocycles. The smallest absolute Gasteiger partial charge is 0.262 e. The number of nitrogens with zero attached hydrogens (tertiary/aromatic N) is 1. The first-order chi connectivity index (χ1) is 17.4. The molecule has 7 nitrogen and oxygen atoms in total. The second kappa shape index (κ2) is 11.5. The molecule has 186 valence electrons. The number of rotatable bonds is 9. The minimum Gasteiger partial charge on any atom is -0.484 e. The van der Waals surface area contributed by atoms with Crippen LogP contribution in [0.5, 0.6) is 5.75 Å². The summed E-state index contributed by atoms with van der Waals surface area (Å²) in [6.07, 6.45) is 1.15. The van der Waals surface area contributed by atoms with Gasteiger partial charge in [0.25, 0.3) is 5.91 Å². The zero-order chi connectivity index (χ0) is 25.5. The molecule has 0 saturated carbocycles. The fourth-order valence-electron chi connectivity index (χ4n) is 4.06. The van der Waals surface area contributed by atoms with E-state index in [1.165, 1.54) is 5.56 Å². The maximum absolute atomic E-state index is 12.7. The van der Waals surface area contributed by atoms with Gasteiger partial charge in [0, 0.05) is 30.9 Å². The molecular weight excluding hydrogens is 454 g/mol. The van der Waals surface area contributed by atoms with Gasteiger partial charge >= 0.3 is 0 Å². The lowest BCUT2D eigenvalue weighted by Crippen LogP contribution is -2.32. The molecular formula is C29H31N3O4. The summed E-state index contributed by atoms with van der Waals surface area (Å²) in [7, 11) is 0. The monoisotopic (exact) mass is 485 g/mol. The number of aryl methyl sites for hydroxylation is 2. The number of hydrogen-bond donors (Lipinski definition) is 2. The van der Waals surface area contributed by atoms with E-state index in [9.17, 15) is 14.4 Å². The predicted octanol–water partition coefficient (Wildman–Crippen LogP) is 4.24. The van der Waals surface area contributed by atoms with Gasteiger partial charge in [0.2, 0.25) is 11.8 Å². The van der Waals surface area contributed by atoms with Crippen molar-refractivity contribution in [2.45, 2.75) is 33.2 Å². The summed E-state index contributed by atoms with van der Waals surface area (Å²) < 4.78 is 5.58. The Balaban J connectivity index is 1.25.